The first kappa shape index (κ1) is 30.9. The van der Waals surface area contributed by atoms with E-state index in [9.17, 15) is 0 Å². The molecule has 1 saturated carbocycles. The zero-order valence-electron chi connectivity index (χ0n) is 29.9. The highest BCUT2D eigenvalue weighted by atomic mass is 15.2. The number of anilines is 2. The van der Waals surface area contributed by atoms with E-state index in [2.05, 4.69) is 160 Å². The van der Waals surface area contributed by atoms with Crippen molar-refractivity contribution < 1.29 is 4.58 Å². The predicted molar refractivity (Wildman–Crippen MR) is 206 cm³/mol. The van der Waals surface area contributed by atoms with Gasteiger partial charge in [-0.15, -0.1) is 0 Å². The van der Waals surface area contributed by atoms with E-state index in [1.165, 1.54) is 78.7 Å². The van der Waals surface area contributed by atoms with E-state index >= 15 is 0 Å². The maximum Gasteiger partial charge on any atom is 0.208 e. The summed E-state index contributed by atoms with van der Waals surface area (Å²) in [5.74, 6) is 0. The molecule has 0 amide bonds. The Bertz CT molecular complexity index is 1990. The molecular formula is C45H50N3+. The number of hydrogen-bond acceptors (Lipinski definition) is 2. The second kappa shape index (κ2) is 11.4. The number of benzene rings is 4. The van der Waals surface area contributed by atoms with Gasteiger partial charge in [-0.05, 0) is 90.1 Å². The molecule has 4 aromatic rings. The van der Waals surface area contributed by atoms with Gasteiger partial charge >= 0.3 is 0 Å². The number of rotatable bonds is 4. The Morgan fingerprint density at radius 1 is 0.646 bits per heavy atom. The highest BCUT2D eigenvalue weighted by Crippen LogP contribution is 2.52. The van der Waals surface area contributed by atoms with Crippen LogP contribution in [0.15, 0.2) is 120 Å². The molecule has 2 fully saturated rings. The number of allylic oxidation sites excluding steroid dienone is 8. The van der Waals surface area contributed by atoms with Crippen LogP contribution in [0.3, 0.4) is 0 Å². The zero-order valence-corrected chi connectivity index (χ0v) is 29.9. The van der Waals surface area contributed by atoms with Crippen LogP contribution in [-0.2, 0) is 10.8 Å². The smallest absolute Gasteiger partial charge is 0.208 e. The van der Waals surface area contributed by atoms with Crippen LogP contribution in [0.1, 0.15) is 78.9 Å². The normalized spacial score (nSPS) is 24.5. The van der Waals surface area contributed by atoms with E-state index in [4.69, 9.17) is 0 Å². The van der Waals surface area contributed by atoms with Crippen molar-refractivity contribution in [1.82, 2.24) is 0 Å². The minimum absolute atomic E-state index is 0.0782. The van der Waals surface area contributed by atoms with Crippen LogP contribution in [0.4, 0.5) is 11.4 Å². The highest BCUT2D eigenvalue weighted by molar-refractivity contribution is 6.10. The number of hydrogen-bond donors (Lipinski definition) is 0. The van der Waals surface area contributed by atoms with Crippen molar-refractivity contribution in [3.8, 4) is 0 Å². The van der Waals surface area contributed by atoms with Crippen LogP contribution in [0.5, 0.6) is 0 Å². The third-order valence-electron chi connectivity index (χ3n) is 11.7. The van der Waals surface area contributed by atoms with Crippen LogP contribution in [0.25, 0.3) is 21.5 Å². The Kier molecular flexibility index (Phi) is 7.32. The molecule has 0 radical (unpaired) electrons. The largest absolute Gasteiger partial charge is 0.344 e. The molecule has 48 heavy (non-hydrogen) atoms. The third-order valence-corrected chi connectivity index (χ3v) is 11.7. The van der Waals surface area contributed by atoms with E-state index in [1.807, 2.05) is 0 Å². The van der Waals surface area contributed by atoms with Gasteiger partial charge in [-0.3, -0.25) is 0 Å². The third kappa shape index (κ3) is 4.65. The summed E-state index contributed by atoms with van der Waals surface area (Å²) in [6.45, 7) is 19.7. The zero-order chi connectivity index (χ0) is 33.4. The van der Waals surface area contributed by atoms with Crippen molar-refractivity contribution in [3.05, 3.63) is 131 Å². The molecule has 0 bridgehead atoms. The summed E-state index contributed by atoms with van der Waals surface area (Å²) in [5.41, 5.74) is 12.7. The van der Waals surface area contributed by atoms with Gasteiger partial charge in [0.25, 0.3) is 0 Å². The van der Waals surface area contributed by atoms with Crippen molar-refractivity contribution in [2.45, 2.75) is 84.6 Å². The summed E-state index contributed by atoms with van der Waals surface area (Å²) in [5, 5.41) is 5.40. The molecule has 3 aliphatic heterocycles. The van der Waals surface area contributed by atoms with Crippen LogP contribution in [0, 0.1) is 0 Å². The van der Waals surface area contributed by atoms with Gasteiger partial charge in [0, 0.05) is 64.8 Å². The summed E-state index contributed by atoms with van der Waals surface area (Å²) in [6.07, 6.45) is 13.3. The fourth-order valence-corrected chi connectivity index (χ4v) is 9.27. The van der Waals surface area contributed by atoms with Crippen LogP contribution >= 0.6 is 0 Å². The molecule has 1 saturated heterocycles. The summed E-state index contributed by atoms with van der Waals surface area (Å²) in [4.78, 5) is 5.09. The lowest BCUT2D eigenvalue weighted by molar-refractivity contribution is -0.357. The lowest BCUT2D eigenvalue weighted by atomic mass is 9.80. The molecule has 4 aromatic carbocycles. The van der Waals surface area contributed by atoms with Gasteiger partial charge in [0.2, 0.25) is 18.3 Å². The SMILES string of the molecule is CCN1/C(=C/C=C2\CCC/C(=C\C=C3\N(CC)c4ccc5ccccc5c4C3(C)C)C2=[N+]2CC2C)C(C)(C)c2c1ccc1ccccc21. The summed E-state index contributed by atoms with van der Waals surface area (Å²) in [6, 6.07) is 27.6. The first-order valence-electron chi connectivity index (χ1n) is 18.2. The van der Waals surface area contributed by atoms with Gasteiger partial charge in [0.05, 0.1) is 0 Å². The highest BCUT2D eigenvalue weighted by Gasteiger charge is 2.44. The van der Waals surface area contributed by atoms with Crippen LogP contribution in [-0.4, -0.2) is 36.0 Å². The van der Waals surface area contributed by atoms with Crippen LogP contribution in [0.2, 0.25) is 0 Å². The first-order valence-corrected chi connectivity index (χ1v) is 18.2. The Morgan fingerprint density at radius 3 is 1.50 bits per heavy atom. The maximum atomic E-state index is 2.63. The molecule has 8 rings (SSSR count). The average Bonchev–Trinajstić information content (AvgIpc) is 3.70. The van der Waals surface area contributed by atoms with E-state index in [0.717, 1.165) is 32.5 Å². The lowest BCUT2D eigenvalue weighted by Crippen LogP contribution is -2.26. The van der Waals surface area contributed by atoms with Crippen LogP contribution < -0.4 is 9.80 Å². The number of nitrogens with zero attached hydrogens (tertiary/aromatic N) is 3. The molecule has 3 nitrogen and oxygen atoms in total. The second-order valence-electron chi connectivity index (χ2n) is 15.3. The molecule has 0 aromatic heterocycles. The molecule has 1 unspecified atom stereocenters. The van der Waals surface area contributed by atoms with E-state index in [0.29, 0.717) is 6.04 Å². The summed E-state index contributed by atoms with van der Waals surface area (Å²) >= 11 is 0. The van der Waals surface area contributed by atoms with E-state index < -0.39 is 0 Å². The fourth-order valence-electron chi connectivity index (χ4n) is 9.27. The molecule has 3 heteroatoms. The van der Waals surface area contributed by atoms with Gasteiger partial charge < -0.3 is 9.80 Å². The minimum Gasteiger partial charge on any atom is -0.344 e. The monoisotopic (exact) mass is 632 g/mol. The van der Waals surface area contributed by atoms with Gasteiger partial charge in [-0.25, -0.2) is 4.58 Å². The molecule has 1 aliphatic carbocycles. The Morgan fingerprint density at radius 2 is 1.08 bits per heavy atom. The quantitative estimate of drug-likeness (QED) is 0.164. The maximum absolute atomic E-state index is 2.63. The van der Waals surface area contributed by atoms with Crippen molar-refractivity contribution in [1.29, 1.82) is 0 Å². The lowest BCUT2D eigenvalue weighted by Gasteiger charge is -2.27. The Balaban J connectivity index is 1.20. The summed E-state index contributed by atoms with van der Waals surface area (Å²) < 4.78 is 2.63. The molecule has 0 spiro atoms. The van der Waals surface area contributed by atoms with Crippen molar-refractivity contribution in [2.24, 2.45) is 0 Å². The summed E-state index contributed by atoms with van der Waals surface area (Å²) in [7, 11) is 0. The van der Waals surface area contributed by atoms with Gasteiger partial charge in [0.15, 0.2) is 0 Å². The van der Waals surface area contributed by atoms with Crippen molar-refractivity contribution in [3.63, 3.8) is 0 Å². The minimum atomic E-state index is -0.0782. The standard InChI is InChI=1S/C45H50N3/c1-8-46-37-25-21-31-15-10-12-19-35(31)41(37)44(4,5)39(46)27-23-33-17-14-18-34(43(33)48-29-30(48)3)24-28-40-45(6,7)42-36-20-13-11-16-32(36)22-26-38(42)47(40)9-2/h10-13,15-16,19-28,30H,8-9,14,17-18,29H2,1-7H3/q+1. The first-order chi connectivity index (χ1) is 23.2. The van der Waals surface area contributed by atoms with E-state index in [1.54, 1.807) is 0 Å². The molecule has 4 aliphatic rings. The van der Waals surface area contributed by atoms with Crippen molar-refractivity contribution >= 4 is 38.6 Å². The molecular weight excluding hydrogens is 583 g/mol. The van der Waals surface area contributed by atoms with Gasteiger partial charge in [-0.1, -0.05) is 101 Å². The predicted octanol–water partition coefficient (Wildman–Crippen LogP) is 10.6. The second-order valence-corrected chi connectivity index (χ2v) is 15.3. The fraction of sp³-hybridized carbons (Fsp3) is 0.356. The van der Waals surface area contributed by atoms with Gasteiger partial charge in [0.1, 0.15) is 0 Å². The Hall–Kier alpha value is -4.37. The molecule has 244 valence electrons. The number of fused-ring (bicyclic) bond motifs is 6. The number of likely N-dealkylation sites (N-methyl/N-ethyl adjacent to an activating group) is 2. The molecule has 3 heterocycles. The average molecular weight is 633 g/mol. The van der Waals surface area contributed by atoms with E-state index in [-0.39, 0.29) is 10.8 Å². The topological polar surface area (TPSA) is 9.49 Å². The van der Waals surface area contributed by atoms with Crippen molar-refractivity contribution in [2.75, 3.05) is 29.4 Å². The Labute approximate surface area is 287 Å². The van der Waals surface area contributed by atoms with Gasteiger partial charge in [-0.2, -0.15) is 0 Å². The molecule has 1 atom stereocenters. The molecule has 0 N–H and O–H groups in total.